The molecular formula is C16H31NO4. The smallest absolute Gasteiger partial charge is 0.207 e. The molecule has 21 heavy (non-hydrogen) atoms. The summed E-state index contributed by atoms with van der Waals surface area (Å²) in [4.78, 5) is 11.0. The molecule has 3 N–H and O–H groups in total. The van der Waals surface area contributed by atoms with Crippen molar-refractivity contribution in [3.05, 3.63) is 0 Å². The van der Waals surface area contributed by atoms with Crippen LogP contribution < -0.4 is 5.32 Å². The van der Waals surface area contributed by atoms with Gasteiger partial charge < -0.3 is 20.3 Å². The van der Waals surface area contributed by atoms with Gasteiger partial charge in [0, 0.05) is 6.42 Å². The van der Waals surface area contributed by atoms with Crippen LogP contribution in [-0.4, -0.2) is 40.2 Å². The van der Waals surface area contributed by atoms with E-state index in [1.807, 2.05) is 20.8 Å². The first-order valence-electron chi connectivity index (χ1n) is 8.03. The third-order valence-corrected chi connectivity index (χ3v) is 4.20. The first kappa shape index (κ1) is 18.4. The Bertz CT molecular complexity index is 319. The molecule has 0 aromatic rings. The van der Waals surface area contributed by atoms with E-state index in [1.54, 1.807) is 6.92 Å². The van der Waals surface area contributed by atoms with Crippen molar-refractivity contribution in [2.45, 2.75) is 89.8 Å². The van der Waals surface area contributed by atoms with Gasteiger partial charge in [0.05, 0.1) is 11.6 Å². The maximum Gasteiger partial charge on any atom is 0.207 e. The normalized spacial score (nSPS) is 20.9. The van der Waals surface area contributed by atoms with Gasteiger partial charge in [-0.1, -0.05) is 26.2 Å². The SMILES string of the molecule is CCC(O)(O)C(OC(C)(C)C)C(NC=O)C1CCCCC1. The fourth-order valence-corrected chi connectivity index (χ4v) is 3.08. The second-order valence-electron chi connectivity index (χ2n) is 7.09. The Balaban J connectivity index is 3.00. The maximum atomic E-state index is 11.0. The minimum Gasteiger partial charge on any atom is -0.365 e. The monoisotopic (exact) mass is 301 g/mol. The third kappa shape index (κ3) is 5.57. The minimum absolute atomic E-state index is 0.150. The van der Waals surface area contributed by atoms with E-state index in [9.17, 15) is 15.0 Å². The molecule has 0 heterocycles. The van der Waals surface area contributed by atoms with Crippen LogP contribution in [0, 0.1) is 5.92 Å². The molecule has 0 saturated heterocycles. The van der Waals surface area contributed by atoms with E-state index in [4.69, 9.17) is 4.74 Å². The predicted molar refractivity (Wildman–Crippen MR) is 81.6 cm³/mol. The van der Waals surface area contributed by atoms with Crippen molar-refractivity contribution in [2.75, 3.05) is 0 Å². The molecule has 1 amide bonds. The highest BCUT2D eigenvalue weighted by Crippen LogP contribution is 2.33. The molecule has 0 aromatic carbocycles. The van der Waals surface area contributed by atoms with Crippen LogP contribution in [0.4, 0.5) is 0 Å². The summed E-state index contributed by atoms with van der Waals surface area (Å²) in [5.41, 5.74) is -0.520. The summed E-state index contributed by atoms with van der Waals surface area (Å²) in [7, 11) is 0. The minimum atomic E-state index is -1.95. The number of hydrogen-bond acceptors (Lipinski definition) is 4. The molecule has 124 valence electrons. The van der Waals surface area contributed by atoms with Crippen molar-refractivity contribution >= 4 is 6.41 Å². The van der Waals surface area contributed by atoms with Gasteiger partial charge in [-0.25, -0.2) is 0 Å². The van der Waals surface area contributed by atoms with Gasteiger partial charge in [-0.3, -0.25) is 4.79 Å². The van der Waals surface area contributed by atoms with Crippen molar-refractivity contribution in [1.82, 2.24) is 5.32 Å². The van der Waals surface area contributed by atoms with Crippen LogP contribution in [0.5, 0.6) is 0 Å². The van der Waals surface area contributed by atoms with Gasteiger partial charge in [0.1, 0.15) is 6.10 Å². The van der Waals surface area contributed by atoms with Crippen LogP contribution in [0.15, 0.2) is 0 Å². The number of carbonyl (C=O) groups is 1. The van der Waals surface area contributed by atoms with Gasteiger partial charge in [0.2, 0.25) is 6.41 Å². The largest absolute Gasteiger partial charge is 0.365 e. The number of aliphatic hydroxyl groups is 2. The molecule has 0 radical (unpaired) electrons. The number of carbonyl (C=O) groups excluding carboxylic acids is 1. The van der Waals surface area contributed by atoms with E-state index in [2.05, 4.69) is 5.32 Å². The Kier molecular flexibility index (Phi) is 6.63. The predicted octanol–water partition coefficient (Wildman–Crippen LogP) is 1.96. The summed E-state index contributed by atoms with van der Waals surface area (Å²) in [6.07, 6.45) is 5.34. The summed E-state index contributed by atoms with van der Waals surface area (Å²) in [6.45, 7) is 7.34. The first-order chi connectivity index (χ1) is 9.71. The lowest BCUT2D eigenvalue weighted by molar-refractivity contribution is -0.271. The van der Waals surface area contributed by atoms with Gasteiger partial charge in [-0.2, -0.15) is 0 Å². The van der Waals surface area contributed by atoms with Crippen LogP contribution in [0.25, 0.3) is 0 Å². The Morgan fingerprint density at radius 3 is 2.24 bits per heavy atom. The van der Waals surface area contributed by atoms with Gasteiger partial charge in [-0.05, 0) is 39.5 Å². The van der Waals surface area contributed by atoms with Crippen LogP contribution in [0.1, 0.15) is 66.2 Å². The molecule has 0 aliphatic heterocycles. The van der Waals surface area contributed by atoms with Crippen molar-refractivity contribution in [1.29, 1.82) is 0 Å². The van der Waals surface area contributed by atoms with Gasteiger partial charge in [0.15, 0.2) is 5.79 Å². The molecule has 1 rings (SSSR count). The fraction of sp³-hybridized carbons (Fsp3) is 0.938. The molecule has 0 aromatic heterocycles. The average Bonchev–Trinajstić information content (AvgIpc) is 2.42. The summed E-state index contributed by atoms with van der Waals surface area (Å²) >= 11 is 0. The number of ether oxygens (including phenoxy) is 1. The highest BCUT2D eigenvalue weighted by molar-refractivity contribution is 5.47. The molecule has 1 saturated carbocycles. The Hall–Kier alpha value is -0.650. The zero-order chi connectivity index (χ0) is 16.1. The molecule has 0 spiro atoms. The Labute approximate surface area is 128 Å². The fourth-order valence-electron chi connectivity index (χ4n) is 3.08. The van der Waals surface area contributed by atoms with Gasteiger partial charge >= 0.3 is 0 Å². The van der Waals surface area contributed by atoms with E-state index in [0.717, 1.165) is 25.7 Å². The quantitative estimate of drug-likeness (QED) is 0.496. The van der Waals surface area contributed by atoms with Crippen molar-refractivity contribution in [2.24, 2.45) is 5.92 Å². The molecule has 5 nitrogen and oxygen atoms in total. The lowest BCUT2D eigenvalue weighted by Gasteiger charge is -2.43. The topological polar surface area (TPSA) is 78.8 Å². The van der Waals surface area contributed by atoms with Crippen LogP contribution in [0.3, 0.4) is 0 Å². The highest BCUT2D eigenvalue weighted by atomic mass is 16.6. The average molecular weight is 301 g/mol. The number of amides is 1. The van der Waals surface area contributed by atoms with Crippen molar-refractivity contribution < 1.29 is 19.7 Å². The van der Waals surface area contributed by atoms with Gasteiger partial charge in [-0.15, -0.1) is 0 Å². The number of rotatable bonds is 7. The van der Waals surface area contributed by atoms with E-state index in [-0.39, 0.29) is 18.4 Å². The van der Waals surface area contributed by atoms with E-state index in [1.165, 1.54) is 6.42 Å². The van der Waals surface area contributed by atoms with Crippen molar-refractivity contribution in [3.8, 4) is 0 Å². The molecule has 1 fully saturated rings. The highest BCUT2D eigenvalue weighted by Gasteiger charge is 2.45. The number of hydrogen-bond donors (Lipinski definition) is 3. The number of nitrogens with one attached hydrogen (secondary N) is 1. The summed E-state index contributed by atoms with van der Waals surface area (Å²) in [6, 6.07) is -0.378. The zero-order valence-electron chi connectivity index (χ0n) is 13.8. The van der Waals surface area contributed by atoms with Crippen LogP contribution in [-0.2, 0) is 9.53 Å². The van der Waals surface area contributed by atoms with E-state index in [0.29, 0.717) is 6.41 Å². The molecule has 1 aliphatic rings. The molecule has 1 aliphatic carbocycles. The third-order valence-electron chi connectivity index (χ3n) is 4.20. The molecular weight excluding hydrogens is 270 g/mol. The Morgan fingerprint density at radius 2 is 1.81 bits per heavy atom. The van der Waals surface area contributed by atoms with Crippen LogP contribution in [0.2, 0.25) is 0 Å². The van der Waals surface area contributed by atoms with Crippen LogP contribution >= 0.6 is 0 Å². The second-order valence-corrected chi connectivity index (χ2v) is 7.09. The van der Waals surface area contributed by atoms with Gasteiger partial charge in [0.25, 0.3) is 0 Å². The maximum absolute atomic E-state index is 11.0. The lowest BCUT2D eigenvalue weighted by Crippen LogP contribution is -2.59. The molecule has 2 atom stereocenters. The summed E-state index contributed by atoms with van der Waals surface area (Å²) < 4.78 is 5.94. The second kappa shape index (κ2) is 7.56. The van der Waals surface area contributed by atoms with E-state index < -0.39 is 17.5 Å². The first-order valence-corrected chi connectivity index (χ1v) is 8.03. The molecule has 0 bridgehead atoms. The van der Waals surface area contributed by atoms with Crippen molar-refractivity contribution in [3.63, 3.8) is 0 Å². The zero-order valence-corrected chi connectivity index (χ0v) is 13.8. The molecule has 5 heteroatoms. The standard InChI is InChI=1S/C16H31NO4/c1-5-16(19,20)14(21-15(2,3)4)13(17-11-18)12-9-7-6-8-10-12/h11-14,19-20H,5-10H2,1-4H3,(H,17,18). The molecule has 2 unspecified atom stereocenters. The Morgan fingerprint density at radius 1 is 1.24 bits per heavy atom. The van der Waals surface area contributed by atoms with E-state index >= 15 is 0 Å². The lowest BCUT2D eigenvalue weighted by atomic mass is 9.79. The summed E-state index contributed by atoms with van der Waals surface area (Å²) in [5.74, 6) is -1.73. The summed E-state index contributed by atoms with van der Waals surface area (Å²) in [5, 5.41) is 23.5.